The lowest BCUT2D eigenvalue weighted by Crippen LogP contribution is -2.28. The number of aliphatic hydroxyl groups excluding tert-OH is 1. The minimum Gasteiger partial charge on any atom is -0.384 e. The average molecular weight is 258 g/mol. The van der Waals surface area contributed by atoms with Gasteiger partial charge in [-0.15, -0.1) is 0 Å². The number of nitrogens with zero attached hydrogens (tertiary/aromatic N) is 1. The lowest BCUT2D eigenvalue weighted by Gasteiger charge is -2.07. The molecule has 1 atom stereocenters. The van der Waals surface area contributed by atoms with Crippen LogP contribution in [0.2, 0.25) is 0 Å². The standard InChI is InChI=1S/C15H18N2O2/c1-15(2)9-12(15)10-17-14(19)13-11(6-4-8-18)5-3-7-16-13/h3,5,7,12,18H,8-10H2,1-2H3,(H,17,19). The smallest absolute Gasteiger partial charge is 0.271 e. The largest absolute Gasteiger partial charge is 0.384 e. The maximum absolute atomic E-state index is 12.1. The molecule has 1 fully saturated rings. The van der Waals surface area contributed by atoms with Crippen LogP contribution in [0, 0.1) is 23.2 Å². The van der Waals surface area contributed by atoms with Gasteiger partial charge in [0.1, 0.15) is 12.3 Å². The first kappa shape index (κ1) is 13.6. The second-order valence-electron chi connectivity index (χ2n) is 5.46. The predicted octanol–water partition coefficient (Wildman–Crippen LogP) is 1.20. The Morgan fingerprint density at radius 2 is 2.37 bits per heavy atom. The molecule has 2 N–H and O–H groups in total. The van der Waals surface area contributed by atoms with E-state index in [0.29, 0.717) is 29.1 Å². The maximum atomic E-state index is 12.1. The molecule has 100 valence electrons. The Kier molecular flexibility index (Phi) is 3.87. The van der Waals surface area contributed by atoms with Gasteiger partial charge in [0.15, 0.2) is 0 Å². The molecule has 1 aromatic heterocycles. The lowest BCUT2D eigenvalue weighted by molar-refractivity contribution is 0.0945. The van der Waals surface area contributed by atoms with Crippen molar-refractivity contribution in [2.45, 2.75) is 20.3 Å². The first-order chi connectivity index (χ1) is 9.04. The summed E-state index contributed by atoms with van der Waals surface area (Å²) in [5.74, 6) is 5.62. The van der Waals surface area contributed by atoms with Crippen LogP contribution in [-0.4, -0.2) is 29.1 Å². The number of aromatic nitrogens is 1. The van der Waals surface area contributed by atoms with Gasteiger partial charge in [0.05, 0.1) is 5.56 Å². The van der Waals surface area contributed by atoms with Gasteiger partial charge in [-0.1, -0.05) is 25.7 Å². The molecule has 0 aliphatic heterocycles. The van der Waals surface area contributed by atoms with Gasteiger partial charge in [-0.05, 0) is 29.9 Å². The van der Waals surface area contributed by atoms with Gasteiger partial charge < -0.3 is 10.4 Å². The van der Waals surface area contributed by atoms with Crippen LogP contribution in [0.3, 0.4) is 0 Å². The van der Waals surface area contributed by atoms with Gasteiger partial charge in [0.2, 0.25) is 0 Å². The van der Waals surface area contributed by atoms with Crippen LogP contribution in [0.4, 0.5) is 0 Å². The van der Waals surface area contributed by atoms with Crippen molar-refractivity contribution < 1.29 is 9.90 Å². The zero-order valence-corrected chi connectivity index (χ0v) is 11.2. The highest BCUT2D eigenvalue weighted by molar-refractivity contribution is 5.94. The van der Waals surface area contributed by atoms with Crippen molar-refractivity contribution in [1.29, 1.82) is 0 Å². The minimum absolute atomic E-state index is 0.203. The Labute approximate surface area is 113 Å². The van der Waals surface area contributed by atoms with Gasteiger partial charge in [-0.3, -0.25) is 4.79 Å². The van der Waals surface area contributed by atoms with E-state index in [9.17, 15) is 4.79 Å². The Morgan fingerprint density at radius 1 is 1.63 bits per heavy atom. The molecule has 1 aliphatic rings. The van der Waals surface area contributed by atoms with E-state index < -0.39 is 0 Å². The van der Waals surface area contributed by atoms with E-state index in [1.54, 1.807) is 18.3 Å². The molecule has 1 aliphatic carbocycles. The van der Waals surface area contributed by atoms with Gasteiger partial charge >= 0.3 is 0 Å². The Hall–Kier alpha value is -1.86. The van der Waals surface area contributed by atoms with E-state index in [-0.39, 0.29) is 12.5 Å². The van der Waals surface area contributed by atoms with Gasteiger partial charge in [0.25, 0.3) is 5.91 Å². The molecule has 1 saturated carbocycles. The third kappa shape index (κ3) is 3.33. The van der Waals surface area contributed by atoms with Crippen LogP contribution in [0.5, 0.6) is 0 Å². The summed E-state index contributed by atoms with van der Waals surface area (Å²) in [5, 5.41) is 11.6. The predicted molar refractivity (Wildman–Crippen MR) is 72.4 cm³/mol. The van der Waals surface area contributed by atoms with Gasteiger partial charge in [0, 0.05) is 12.7 Å². The van der Waals surface area contributed by atoms with Crippen LogP contribution in [0.25, 0.3) is 0 Å². The zero-order valence-electron chi connectivity index (χ0n) is 11.2. The van der Waals surface area contributed by atoms with E-state index in [2.05, 4.69) is 36.0 Å². The van der Waals surface area contributed by atoms with Crippen molar-refractivity contribution in [1.82, 2.24) is 10.3 Å². The fourth-order valence-electron chi connectivity index (χ4n) is 2.05. The quantitative estimate of drug-likeness (QED) is 0.801. The van der Waals surface area contributed by atoms with Crippen LogP contribution >= 0.6 is 0 Å². The SMILES string of the molecule is CC1(C)CC1CNC(=O)c1ncccc1C#CCO. The van der Waals surface area contributed by atoms with Crippen molar-refractivity contribution >= 4 is 5.91 Å². The third-order valence-electron chi connectivity index (χ3n) is 3.55. The number of pyridine rings is 1. The first-order valence-electron chi connectivity index (χ1n) is 6.37. The molecule has 4 heteroatoms. The fraction of sp³-hybridized carbons (Fsp3) is 0.467. The molecular formula is C15H18N2O2. The summed E-state index contributed by atoms with van der Waals surface area (Å²) >= 11 is 0. The van der Waals surface area contributed by atoms with E-state index >= 15 is 0 Å². The van der Waals surface area contributed by atoms with Crippen molar-refractivity contribution in [3.05, 3.63) is 29.6 Å². The molecule has 19 heavy (non-hydrogen) atoms. The molecule has 1 amide bonds. The van der Waals surface area contributed by atoms with E-state index in [4.69, 9.17) is 5.11 Å². The normalized spacial score (nSPS) is 19.2. The summed E-state index contributed by atoms with van der Waals surface area (Å²) in [5.41, 5.74) is 1.21. The number of nitrogens with one attached hydrogen (secondary N) is 1. The number of carbonyl (C=O) groups is 1. The number of carbonyl (C=O) groups excluding carboxylic acids is 1. The Balaban J connectivity index is 2.02. The molecule has 0 spiro atoms. The van der Waals surface area contributed by atoms with Crippen LogP contribution in [0.1, 0.15) is 36.3 Å². The summed E-state index contributed by atoms with van der Waals surface area (Å²) in [7, 11) is 0. The van der Waals surface area contributed by atoms with Crippen molar-refractivity contribution in [2.24, 2.45) is 11.3 Å². The van der Waals surface area contributed by atoms with Crippen LogP contribution < -0.4 is 5.32 Å². The molecule has 1 aromatic rings. The van der Waals surface area contributed by atoms with Gasteiger partial charge in [-0.2, -0.15) is 0 Å². The number of aliphatic hydroxyl groups is 1. The number of amides is 1. The fourth-order valence-corrected chi connectivity index (χ4v) is 2.05. The topological polar surface area (TPSA) is 62.2 Å². The van der Waals surface area contributed by atoms with Crippen molar-refractivity contribution in [3.63, 3.8) is 0 Å². The molecule has 1 unspecified atom stereocenters. The third-order valence-corrected chi connectivity index (χ3v) is 3.55. The molecule has 0 radical (unpaired) electrons. The summed E-state index contributed by atoms with van der Waals surface area (Å²) in [6.07, 6.45) is 2.72. The second-order valence-corrected chi connectivity index (χ2v) is 5.46. The molecule has 0 saturated heterocycles. The van der Waals surface area contributed by atoms with E-state index in [1.807, 2.05) is 0 Å². The molecule has 1 heterocycles. The maximum Gasteiger partial charge on any atom is 0.271 e. The summed E-state index contributed by atoms with van der Waals surface area (Å²) in [4.78, 5) is 16.1. The summed E-state index contributed by atoms with van der Waals surface area (Å²) < 4.78 is 0. The Bertz CT molecular complexity index is 541. The molecular weight excluding hydrogens is 240 g/mol. The summed E-state index contributed by atoms with van der Waals surface area (Å²) in [6.45, 7) is 4.84. The number of rotatable bonds is 3. The monoisotopic (exact) mass is 258 g/mol. The van der Waals surface area contributed by atoms with E-state index in [1.165, 1.54) is 0 Å². The Morgan fingerprint density at radius 3 is 3.00 bits per heavy atom. The van der Waals surface area contributed by atoms with Crippen molar-refractivity contribution in [3.8, 4) is 11.8 Å². The zero-order chi connectivity index (χ0) is 13.9. The highest BCUT2D eigenvalue weighted by atomic mass is 16.2. The molecule has 0 aromatic carbocycles. The second kappa shape index (κ2) is 5.41. The van der Waals surface area contributed by atoms with Crippen LogP contribution in [0.15, 0.2) is 18.3 Å². The number of hydrogen-bond acceptors (Lipinski definition) is 3. The van der Waals surface area contributed by atoms with Crippen molar-refractivity contribution in [2.75, 3.05) is 13.2 Å². The highest BCUT2D eigenvalue weighted by Gasteiger charge is 2.45. The molecule has 0 bridgehead atoms. The average Bonchev–Trinajstić information content (AvgIpc) is 3.01. The van der Waals surface area contributed by atoms with E-state index in [0.717, 1.165) is 6.42 Å². The van der Waals surface area contributed by atoms with Crippen LogP contribution in [-0.2, 0) is 0 Å². The number of hydrogen-bond donors (Lipinski definition) is 2. The summed E-state index contributed by atoms with van der Waals surface area (Å²) in [6, 6.07) is 3.45. The first-order valence-corrected chi connectivity index (χ1v) is 6.37. The minimum atomic E-state index is -0.230. The molecule has 2 rings (SSSR count). The van der Waals surface area contributed by atoms with Gasteiger partial charge in [-0.25, -0.2) is 4.98 Å². The molecule has 4 nitrogen and oxygen atoms in total. The lowest BCUT2D eigenvalue weighted by atomic mass is 10.1. The highest BCUT2D eigenvalue weighted by Crippen LogP contribution is 2.50.